The number of nitrogens with one attached hydrogen (secondary N) is 2. The van der Waals surface area contributed by atoms with Gasteiger partial charge < -0.3 is 20.2 Å². The van der Waals surface area contributed by atoms with Crippen LogP contribution in [-0.4, -0.2) is 34.8 Å². The molecule has 1 saturated heterocycles. The molecule has 3 rings (SSSR count). The maximum absolute atomic E-state index is 12.0. The van der Waals surface area contributed by atoms with Crippen LogP contribution in [0.3, 0.4) is 0 Å². The zero-order valence-corrected chi connectivity index (χ0v) is 13.3. The maximum atomic E-state index is 12.0. The molecule has 3 N–H and O–H groups in total. The molecule has 0 aliphatic carbocycles. The highest BCUT2D eigenvalue weighted by molar-refractivity contribution is 7.99. The quantitative estimate of drug-likeness (QED) is 0.809. The molecule has 1 aliphatic heterocycles. The van der Waals surface area contributed by atoms with Gasteiger partial charge in [-0.2, -0.15) is 11.8 Å². The number of fused-ring (bicyclic) bond motifs is 1. The summed E-state index contributed by atoms with van der Waals surface area (Å²) in [6, 6.07) is 9.15. The first-order chi connectivity index (χ1) is 10.6. The van der Waals surface area contributed by atoms with Gasteiger partial charge in [0.2, 0.25) is 0 Å². The summed E-state index contributed by atoms with van der Waals surface area (Å²) in [6.07, 6.45) is 0.719. The van der Waals surface area contributed by atoms with Crippen LogP contribution in [-0.2, 0) is 0 Å². The van der Waals surface area contributed by atoms with Gasteiger partial charge in [-0.25, -0.2) is 4.79 Å². The number of thioether (sulfide) groups is 1. The van der Waals surface area contributed by atoms with Crippen LogP contribution in [0.1, 0.15) is 25.1 Å². The van der Waals surface area contributed by atoms with Crippen molar-refractivity contribution in [2.75, 3.05) is 18.1 Å². The highest BCUT2D eigenvalue weighted by atomic mass is 32.2. The molecule has 1 aromatic carbocycles. The monoisotopic (exact) mass is 320 g/mol. The van der Waals surface area contributed by atoms with E-state index in [2.05, 4.69) is 10.6 Å². The molecule has 0 spiro atoms. The first-order valence-corrected chi connectivity index (χ1v) is 8.54. The van der Waals surface area contributed by atoms with Gasteiger partial charge in [-0.1, -0.05) is 18.2 Å². The van der Waals surface area contributed by atoms with Gasteiger partial charge in [-0.15, -0.1) is 0 Å². The van der Waals surface area contributed by atoms with Gasteiger partial charge in [-0.3, -0.25) is 0 Å². The van der Waals surface area contributed by atoms with Gasteiger partial charge >= 0.3 is 6.03 Å². The van der Waals surface area contributed by atoms with Crippen LogP contribution in [0.2, 0.25) is 0 Å². The molecule has 2 amide bonds. The summed E-state index contributed by atoms with van der Waals surface area (Å²) in [5, 5.41) is 16.8. The van der Waals surface area contributed by atoms with E-state index in [0.29, 0.717) is 11.5 Å². The first-order valence-electron chi connectivity index (χ1n) is 7.39. The number of rotatable bonds is 4. The zero-order valence-electron chi connectivity index (χ0n) is 12.5. The van der Waals surface area contributed by atoms with Crippen molar-refractivity contribution in [3.05, 3.63) is 36.1 Å². The van der Waals surface area contributed by atoms with Gasteiger partial charge in [-0.05, 0) is 31.2 Å². The molecular weight excluding hydrogens is 300 g/mol. The van der Waals surface area contributed by atoms with Crippen LogP contribution >= 0.6 is 11.8 Å². The van der Waals surface area contributed by atoms with E-state index in [4.69, 9.17) is 4.42 Å². The van der Waals surface area contributed by atoms with E-state index in [1.807, 2.05) is 37.3 Å². The third-order valence-electron chi connectivity index (χ3n) is 3.88. The highest BCUT2D eigenvalue weighted by Crippen LogP contribution is 2.27. The summed E-state index contributed by atoms with van der Waals surface area (Å²) < 4.78 is 5.73. The fourth-order valence-corrected chi connectivity index (χ4v) is 3.81. The van der Waals surface area contributed by atoms with E-state index in [1.165, 1.54) is 0 Å². The molecule has 2 heterocycles. The van der Waals surface area contributed by atoms with Crippen LogP contribution in [0.4, 0.5) is 4.79 Å². The second-order valence-electron chi connectivity index (χ2n) is 5.76. The van der Waals surface area contributed by atoms with Crippen molar-refractivity contribution in [3.63, 3.8) is 0 Å². The van der Waals surface area contributed by atoms with Crippen molar-refractivity contribution < 1.29 is 14.3 Å². The van der Waals surface area contributed by atoms with E-state index in [9.17, 15) is 9.90 Å². The first kappa shape index (κ1) is 15.2. The second-order valence-corrected chi connectivity index (χ2v) is 6.87. The highest BCUT2D eigenvalue weighted by Gasteiger charge is 2.32. The lowest BCUT2D eigenvalue weighted by Crippen LogP contribution is -2.46. The molecule has 2 unspecified atom stereocenters. The zero-order chi connectivity index (χ0) is 15.6. The van der Waals surface area contributed by atoms with E-state index < -0.39 is 5.60 Å². The van der Waals surface area contributed by atoms with Crippen molar-refractivity contribution in [1.29, 1.82) is 0 Å². The predicted molar refractivity (Wildman–Crippen MR) is 88.1 cm³/mol. The largest absolute Gasteiger partial charge is 0.459 e. The number of para-hydroxylation sites is 1. The normalized spacial score (nSPS) is 22.6. The molecular formula is C16H20N2O3S. The fraction of sp³-hybridized carbons (Fsp3) is 0.438. The summed E-state index contributed by atoms with van der Waals surface area (Å²) in [4.78, 5) is 12.0. The number of hydrogen-bond donors (Lipinski definition) is 3. The Morgan fingerprint density at radius 2 is 2.32 bits per heavy atom. The number of benzene rings is 1. The molecule has 0 saturated carbocycles. The lowest BCUT2D eigenvalue weighted by Gasteiger charge is -2.22. The number of carbonyl (C=O) groups is 1. The van der Waals surface area contributed by atoms with Crippen molar-refractivity contribution >= 4 is 28.8 Å². The number of carbonyl (C=O) groups excluding carboxylic acids is 1. The maximum Gasteiger partial charge on any atom is 0.315 e. The van der Waals surface area contributed by atoms with Crippen molar-refractivity contribution in [2.24, 2.45) is 0 Å². The fourth-order valence-electron chi connectivity index (χ4n) is 2.52. The van der Waals surface area contributed by atoms with Gasteiger partial charge in [0.25, 0.3) is 0 Å². The average molecular weight is 320 g/mol. The van der Waals surface area contributed by atoms with Crippen LogP contribution in [0.25, 0.3) is 11.0 Å². The summed E-state index contributed by atoms with van der Waals surface area (Å²) in [7, 11) is 0. The summed E-state index contributed by atoms with van der Waals surface area (Å²) in [6.45, 7) is 2.15. The van der Waals surface area contributed by atoms with Crippen LogP contribution in [0, 0.1) is 0 Å². The van der Waals surface area contributed by atoms with Crippen LogP contribution < -0.4 is 10.6 Å². The van der Waals surface area contributed by atoms with Crippen LogP contribution in [0.5, 0.6) is 0 Å². The van der Waals surface area contributed by atoms with E-state index in [0.717, 1.165) is 23.1 Å². The molecule has 1 aromatic heterocycles. The lowest BCUT2D eigenvalue weighted by molar-refractivity contribution is 0.0698. The third kappa shape index (κ3) is 3.39. The Hall–Kier alpha value is -1.66. The number of amides is 2. The molecule has 1 fully saturated rings. The van der Waals surface area contributed by atoms with Crippen molar-refractivity contribution in [3.8, 4) is 0 Å². The number of aliphatic hydroxyl groups is 1. The number of urea groups is 1. The molecule has 22 heavy (non-hydrogen) atoms. The summed E-state index contributed by atoms with van der Waals surface area (Å²) in [5.41, 5.74) is 0.0359. The van der Waals surface area contributed by atoms with Crippen LogP contribution in [0.15, 0.2) is 34.7 Å². The molecule has 0 bridgehead atoms. The Morgan fingerprint density at radius 1 is 1.50 bits per heavy atom. The van der Waals surface area contributed by atoms with Crippen molar-refractivity contribution in [2.45, 2.75) is 25.0 Å². The van der Waals surface area contributed by atoms with Gasteiger partial charge in [0.05, 0.1) is 11.6 Å². The predicted octanol–water partition coefficient (Wildman–Crippen LogP) is 2.66. The summed E-state index contributed by atoms with van der Waals surface area (Å²) in [5.74, 6) is 2.33. The SMILES string of the molecule is CC(NC(=O)NCC1(O)CCSC1)c1cc2ccccc2o1. The Kier molecular flexibility index (Phi) is 4.31. The molecule has 0 radical (unpaired) electrons. The minimum Gasteiger partial charge on any atom is -0.459 e. The smallest absolute Gasteiger partial charge is 0.315 e. The third-order valence-corrected chi connectivity index (χ3v) is 5.11. The molecule has 6 heteroatoms. The van der Waals surface area contributed by atoms with Gasteiger partial charge in [0, 0.05) is 17.7 Å². The second kappa shape index (κ2) is 6.22. The minimum absolute atomic E-state index is 0.236. The number of hydrogen-bond acceptors (Lipinski definition) is 4. The van der Waals surface area contributed by atoms with Crippen molar-refractivity contribution in [1.82, 2.24) is 10.6 Å². The van der Waals surface area contributed by atoms with Gasteiger partial charge in [0.1, 0.15) is 11.3 Å². The lowest BCUT2D eigenvalue weighted by atomic mass is 10.0. The summed E-state index contributed by atoms with van der Waals surface area (Å²) >= 11 is 1.71. The average Bonchev–Trinajstić information content (AvgIpc) is 3.12. The number of furan rings is 1. The molecule has 1 aliphatic rings. The standard InChI is InChI=1S/C16H20N2O3S/c1-11(14-8-12-4-2-3-5-13(12)21-14)18-15(19)17-9-16(20)6-7-22-10-16/h2-5,8,11,20H,6-7,9-10H2,1H3,(H2,17,18,19). The van der Waals surface area contributed by atoms with E-state index >= 15 is 0 Å². The Bertz CT molecular complexity index is 631. The van der Waals surface area contributed by atoms with E-state index in [-0.39, 0.29) is 18.6 Å². The molecule has 2 atom stereocenters. The Balaban J connectivity index is 1.56. The molecule has 5 nitrogen and oxygen atoms in total. The topological polar surface area (TPSA) is 74.5 Å². The van der Waals surface area contributed by atoms with E-state index in [1.54, 1.807) is 11.8 Å². The minimum atomic E-state index is -0.773. The Labute approximate surface area is 133 Å². The molecule has 2 aromatic rings. The van der Waals surface area contributed by atoms with Gasteiger partial charge in [0.15, 0.2) is 0 Å². The Morgan fingerprint density at radius 3 is 3.05 bits per heavy atom. The molecule has 118 valence electrons.